The van der Waals surface area contributed by atoms with Crippen LogP contribution in [0.5, 0.6) is 0 Å². The number of cyclic esters (lactones) is 1. The van der Waals surface area contributed by atoms with Crippen LogP contribution in [-0.4, -0.2) is 42.7 Å². The lowest BCUT2D eigenvalue weighted by atomic mass is 9.74. The highest BCUT2D eigenvalue weighted by Crippen LogP contribution is 2.55. The average Bonchev–Trinajstić information content (AvgIpc) is 3.17. The predicted molar refractivity (Wildman–Crippen MR) is 79.5 cm³/mol. The molecule has 3 rings (SSSR count). The summed E-state index contributed by atoms with van der Waals surface area (Å²) in [7, 11) is 1.33. The van der Waals surface area contributed by atoms with Crippen LogP contribution in [0.15, 0.2) is 12.2 Å². The molecule has 116 valence electrons. The molecule has 6 heteroatoms. The van der Waals surface area contributed by atoms with Crippen LogP contribution in [0.2, 0.25) is 0 Å². The van der Waals surface area contributed by atoms with E-state index in [0.717, 1.165) is 12.2 Å². The Morgan fingerprint density at radius 3 is 2.90 bits per heavy atom. The van der Waals surface area contributed by atoms with Gasteiger partial charge in [-0.25, -0.2) is 4.79 Å². The minimum absolute atomic E-state index is 0.0125. The Morgan fingerprint density at radius 2 is 2.24 bits per heavy atom. The van der Waals surface area contributed by atoms with Crippen LogP contribution in [0, 0.1) is 23.7 Å². The van der Waals surface area contributed by atoms with Crippen molar-refractivity contribution >= 4 is 23.7 Å². The molecule has 6 atom stereocenters. The van der Waals surface area contributed by atoms with E-state index in [1.807, 2.05) is 6.26 Å². The number of rotatable bonds is 5. The number of allylic oxidation sites excluding steroid dienone is 2. The number of carbonyl (C=O) groups excluding carboxylic acids is 2. The zero-order chi connectivity index (χ0) is 15.2. The van der Waals surface area contributed by atoms with Crippen molar-refractivity contribution in [1.82, 2.24) is 0 Å². The molecule has 0 amide bonds. The van der Waals surface area contributed by atoms with Crippen LogP contribution < -0.4 is 5.73 Å². The highest BCUT2D eigenvalue weighted by molar-refractivity contribution is 7.98. The summed E-state index contributed by atoms with van der Waals surface area (Å²) in [5.41, 5.74) is 5.16. The van der Waals surface area contributed by atoms with Gasteiger partial charge in [0.2, 0.25) is 0 Å². The summed E-state index contributed by atoms with van der Waals surface area (Å²) < 4.78 is 10.5. The monoisotopic (exact) mass is 311 g/mol. The maximum absolute atomic E-state index is 12.3. The van der Waals surface area contributed by atoms with Crippen molar-refractivity contribution in [3.05, 3.63) is 12.2 Å². The van der Waals surface area contributed by atoms with E-state index in [0.29, 0.717) is 12.3 Å². The van der Waals surface area contributed by atoms with Gasteiger partial charge in [0.05, 0.1) is 13.0 Å². The molecule has 1 heterocycles. The highest BCUT2D eigenvalue weighted by Gasteiger charge is 2.64. The number of ether oxygens (including phenoxy) is 2. The molecule has 0 aromatic rings. The molecule has 21 heavy (non-hydrogen) atoms. The minimum atomic E-state index is -1.24. The van der Waals surface area contributed by atoms with E-state index in [1.165, 1.54) is 7.11 Å². The van der Waals surface area contributed by atoms with Gasteiger partial charge < -0.3 is 15.2 Å². The van der Waals surface area contributed by atoms with Gasteiger partial charge in [0.1, 0.15) is 6.10 Å². The van der Waals surface area contributed by atoms with E-state index in [9.17, 15) is 9.59 Å². The zero-order valence-corrected chi connectivity index (χ0v) is 13.1. The quantitative estimate of drug-likeness (QED) is 0.602. The summed E-state index contributed by atoms with van der Waals surface area (Å²) in [6.07, 6.45) is 7.06. The standard InChI is InChI=1S/C15H21NO4S/c1-19-14(18)15(16,5-6-21-2)12-10-8-3-4-9(7-8)11(10)13(17)20-12/h3-4,8-12H,5-7,16H2,1-2H3/t8-,9+,10-,11+,12-,15+/m0/s1. The average molecular weight is 311 g/mol. The summed E-state index contributed by atoms with van der Waals surface area (Å²) in [6, 6.07) is 0. The smallest absolute Gasteiger partial charge is 0.329 e. The van der Waals surface area contributed by atoms with Crippen molar-refractivity contribution in [3.8, 4) is 0 Å². The number of hydrogen-bond acceptors (Lipinski definition) is 6. The fraction of sp³-hybridized carbons (Fsp3) is 0.733. The number of thioether (sulfide) groups is 1. The SMILES string of the molecule is COC(=O)[C@@](N)(CCSC)[C@H]1OC(=O)[C@H]2[C@@H]1[C@H]1C=C[C@@H]2C1. The van der Waals surface area contributed by atoms with Crippen molar-refractivity contribution < 1.29 is 19.1 Å². The molecule has 0 aromatic carbocycles. The maximum Gasteiger partial charge on any atom is 0.329 e. The Morgan fingerprint density at radius 1 is 1.52 bits per heavy atom. The number of esters is 2. The fourth-order valence-corrected chi connectivity index (χ4v) is 4.70. The molecular weight excluding hydrogens is 290 g/mol. The van der Waals surface area contributed by atoms with Gasteiger partial charge in [-0.1, -0.05) is 12.2 Å². The van der Waals surface area contributed by atoms with Crippen LogP contribution in [0.1, 0.15) is 12.8 Å². The Hall–Kier alpha value is -1.01. The largest absolute Gasteiger partial charge is 0.468 e. The molecule has 1 aliphatic heterocycles. The minimum Gasteiger partial charge on any atom is -0.468 e. The third-order valence-electron chi connectivity index (χ3n) is 5.18. The first-order valence-corrected chi connectivity index (χ1v) is 8.67. The van der Waals surface area contributed by atoms with Gasteiger partial charge in [0, 0.05) is 5.92 Å². The van der Waals surface area contributed by atoms with Crippen molar-refractivity contribution in [3.63, 3.8) is 0 Å². The summed E-state index contributed by atoms with van der Waals surface area (Å²) in [4.78, 5) is 24.5. The van der Waals surface area contributed by atoms with Crippen molar-refractivity contribution in [2.45, 2.75) is 24.5 Å². The fourth-order valence-electron chi connectivity index (χ4n) is 4.16. The lowest BCUT2D eigenvalue weighted by Crippen LogP contribution is -2.60. The predicted octanol–water partition coefficient (Wildman–Crippen LogP) is 0.974. The molecule has 2 bridgehead atoms. The highest BCUT2D eigenvalue weighted by atomic mass is 32.2. The van der Waals surface area contributed by atoms with E-state index in [4.69, 9.17) is 15.2 Å². The molecule has 1 saturated heterocycles. The molecule has 0 unspecified atom stereocenters. The summed E-state index contributed by atoms with van der Waals surface area (Å²) in [6.45, 7) is 0. The molecular formula is C15H21NO4S. The lowest BCUT2D eigenvalue weighted by molar-refractivity contribution is -0.159. The van der Waals surface area contributed by atoms with Gasteiger partial charge in [-0.05, 0) is 36.7 Å². The number of methoxy groups -OCH3 is 1. The van der Waals surface area contributed by atoms with Crippen molar-refractivity contribution in [2.75, 3.05) is 19.1 Å². The number of carbonyl (C=O) groups is 2. The molecule has 3 aliphatic rings. The summed E-state index contributed by atoms with van der Waals surface area (Å²) in [5.74, 6) is 0.455. The Balaban J connectivity index is 1.91. The van der Waals surface area contributed by atoms with Gasteiger partial charge in [0.15, 0.2) is 5.54 Å². The zero-order valence-electron chi connectivity index (χ0n) is 12.3. The third-order valence-corrected chi connectivity index (χ3v) is 5.79. The van der Waals surface area contributed by atoms with Crippen LogP contribution in [-0.2, 0) is 19.1 Å². The Kier molecular flexibility index (Phi) is 3.78. The molecule has 0 spiro atoms. The first kappa shape index (κ1) is 14.9. The topological polar surface area (TPSA) is 78.6 Å². The Bertz CT molecular complexity index is 494. The summed E-state index contributed by atoms with van der Waals surface area (Å²) >= 11 is 1.61. The van der Waals surface area contributed by atoms with Crippen LogP contribution >= 0.6 is 11.8 Å². The third kappa shape index (κ3) is 2.11. The second-order valence-corrected chi connectivity index (χ2v) is 7.17. The molecule has 5 nitrogen and oxygen atoms in total. The van der Waals surface area contributed by atoms with Crippen molar-refractivity contribution in [1.29, 1.82) is 0 Å². The second-order valence-electron chi connectivity index (χ2n) is 6.18. The summed E-state index contributed by atoms with van der Waals surface area (Å²) in [5, 5.41) is 0. The first-order chi connectivity index (χ1) is 10.0. The molecule has 0 radical (unpaired) electrons. The number of nitrogens with two attached hydrogens (primary N) is 1. The second kappa shape index (κ2) is 5.32. The van der Waals surface area contributed by atoms with E-state index in [1.54, 1.807) is 11.8 Å². The van der Waals surface area contributed by atoms with Gasteiger partial charge in [-0.3, -0.25) is 4.79 Å². The first-order valence-electron chi connectivity index (χ1n) is 7.28. The van der Waals surface area contributed by atoms with Gasteiger partial charge in [0.25, 0.3) is 0 Å². The molecule has 0 aromatic heterocycles. The number of hydrogen-bond donors (Lipinski definition) is 1. The molecule has 1 saturated carbocycles. The maximum atomic E-state index is 12.3. The normalized spacial score (nSPS) is 39.0. The molecule has 2 aliphatic carbocycles. The number of fused-ring (bicyclic) bond motifs is 5. The van der Waals surface area contributed by atoms with Gasteiger partial charge >= 0.3 is 11.9 Å². The molecule has 2 fully saturated rings. The van der Waals surface area contributed by atoms with Crippen LogP contribution in [0.25, 0.3) is 0 Å². The van der Waals surface area contributed by atoms with Crippen molar-refractivity contribution in [2.24, 2.45) is 29.4 Å². The Labute approximate surface area is 128 Å². The molecule has 2 N–H and O–H groups in total. The van der Waals surface area contributed by atoms with Gasteiger partial charge in [-0.2, -0.15) is 11.8 Å². The van der Waals surface area contributed by atoms with Gasteiger partial charge in [-0.15, -0.1) is 0 Å². The van der Waals surface area contributed by atoms with Crippen LogP contribution in [0.3, 0.4) is 0 Å². The van der Waals surface area contributed by atoms with E-state index < -0.39 is 17.6 Å². The van der Waals surface area contributed by atoms with Crippen LogP contribution in [0.4, 0.5) is 0 Å². The lowest BCUT2D eigenvalue weighted by Gasteiger charge is -2.35. The van der Waals surface area contributed by atoms with E-state index >= 15 is 0 Å². The van der Waals surface area contributed by atoms with E-state index in [-0.39, 0.29) is 23.7 Å². The van der Waals surface area contributed by atoms with E-state index in [2.05, 4.69) is 12.2 Å².